The maximum Gasteiger partial charge on any atom is 0.551 e. The highest BCUT2D eigenvalue weighted by molar-refractivity contribution is 6.55. The summed E-state index contributed by atoms with van der Waals surface area (Å²) in [5.74, 6) is 13.3. The van der Waals surface area contributed by atoms with Crippen LogP contribution in [0.15, 0.2) is 24.5 Å². The number of hydrogen-bond donors (Lipinski definition) is 2. The summed E-state index contributed by atoms with van der Waals surface area (Å²) in [6, 6.07) is 3.76. The molecule has 0 radical (unpaired) electrons. The zero-order chi connectivity index (χ0) is 56.5. The zero-order valence-corrected chi connectivity index (χ0v) is 48.5. The number of piperazine rings is 2. The molecule has 7 aliphatic rings. The molecular weight excluding hydrogens is 1010 g/mol. The fourth-order valence-corrected chi connectivity index (χ4v) is 10.7. The second-order valence-corrected chi connectivity index (χ2v) is 25.8. The lowest BCUT2D eigenvalue weighted by molar-refractivity contribution is -0.164. The molecule has 0 bridgehead atoms. The van der Waals surface area contributed by atoms with Crippen LogP contribution in [0.25, 0.3) is 11.3 Å². The predicted octanol–water partition coefficient (Wildman–Crippen LogP) is 7.11. The van der Waals surface area contributed by atoms with Gasteiger partial charge in [0.15, 0.2) is 11.3 Å². The van der Waals surface area contributed by atoms with Gasteiger partial charge in [-0.1, -0.05) is 51.0 Å². The molecule has 4 amide bonds. The summed E-state index contributed by atoms with van der Waals surface area (Å²) < 4.78 is 14.7. The van der Waals surface area contributed by atoms with Crippen LogP contribution in [-0.2, 0) is 18.9 Å². The highest BCUT2D eigenvalue weighted by Crippen LogP contribution is 2.39. The van der Waals surface area contributed by atoms with Crippen molar-refractivity contribution in [2.45, 2.75) is 193 Å². The van der Waals surface area contributed by atoms with Crippen molar-refractivity contribution in [3.05, 3.63) is 57.9 Å². The minimum absolute atomic E-state index is 0.176. The first-order chi connectivity index (χ1) is 36.5. The SMILES string of the molecule is CC(C)c1cc(C#CC2CC2)nn2cc(C(=O)N3CCN(C(=O)C4(O)CCC4)CC3(C)C)nc12.CC(C)c1cc(Cl)nn2cc(C(=O)N3CCN(C(=O)C4(O)CCC4)CC3(C)C)nc12.CC1(C)OB(C#CC2CC2)OC1(C)C. The van der Waals surface area contributed by atoms with Crippen molar-refractivity contribution in [3.63, 3.8) is 0 Å². The Morgan fingerprint density at radius 3 is 1.46 bits per heavy atom. The molecule has 4 aromatic heterocycles. The average Bonchev–Trinajstić information content (AvgIpc) is 4.26. The Bertz CT molecular complexity index is 3110. The number of aromatic nitrogens is 6. The Hall–Kier alpha value is -5.57. The fourth-order valence-electron chi connectivity index (χ4n) is 10.5. The van der Waals surface area contributed by atoms with Crippen LogP contribution in [-0.4, -0.2) is 163 Å². The molecule has 0 atom stereocenters. The van der Waals surface area contributed by atoms with Gasteiger partial charge in [0.1, 0.15) is 33.4 Å². The van der Waals surface area contributed by atoms with Gasteiger partial charge in [-0.25, -0.2) is 19.0 Å². The minimum Gasteiger partial charge on any atom is -0.392 e. The van der Waals surface area contributed by atoms with Crippen molar-refractivity contribution in [2.75, 3.05) is 39.3 Å². The van der Waals surface area contributed by atoms with Crippen molar-refractivity contribution >= 4 is 53.6 Å². The fraction of sp³-hybridized carbons (Fsp3) is 0.655. The third-order valence-corrected chi connectivity index (χ3v) is 17.0. The quantitative estimate of drug-likeness (QED) is 0.147. The molecule has 20 heteroatoms. The molecule has 11 rings (SSSR count). The second-order valence-electron chi connectivity index (χ2n) is 25.5. The smallest absolute Gasteiger partial charge is 0.392 e. The van der Waals surface area contributed by atoms with Crippen LogP contribution in [0.5, 0.6) is 0 Å². The molecule has 7 fully saturated rings. The Morgan fingerprint density at radius 2 is 1.06 bits per heavy atom. The Labute approximate surface area is 464 Å². The van der Waals surface area contributed by atoms with Crippen molar-refractivity contribution in [1.29, 1.82) is 0 Å². The molecule has 4 aliphatic carbocycles. The van der Waals surface area contributed by atoms with E-state index < -0.39 is 22.3 Å². The van der Waals surface area contributed by atoms with Crippen molar-refractivity contribution < 1.29 is 38.7 Å². The summed E-state index contributed by atoms with van der Waals surface area (Å²) in [7, 11) is -0.333. The van der Waals surface area contributed by atoms with E-state index in [1.165, 1.54) is 12.8 Å². The standard InChI is InChI=1S/C26H33N5O3.C21H28ClN5O3.C11H17BO2/c1-17(2)20-14-19(9-8-18-6-7-18)28-31-15-21(27-22(20)31)23(32)30-13-12-29(16-25(30,3)4)24(33)26(34)10-5-11-26;1-13(2)14-10-16(22)24-27-11-15(23-17(14)27)18(28)26-9-8-25(12-20(26,3)4)19(29)21(30)6-5-7-21;1-10(2)11(3,4)14-12(13-10)8-7-9-5-6-9/h14-15,17-18,34H,5-7,10-13,16H2,1-4H3;10-11,13,30H,5-9,12H2,1-4H3;9H,5-6H2,1-4H3. The molecule has 4 saturated carbocycles. The van der Waals surface area contributed by atoms with Gasteiger partial charge in [-0.2, -0.15) is 10.2 Å². The summed E-state index contributed by atoms with van der Waals surface area (Å²) in [4.78, 5) is 68.6. The van der Waals surface area contributed by atoms with E-state index in [0.29, 0.717) is 110 Å². The number of carbonyl (C=O) groups excluding carboxylic acids is 4. The molecule has 0 spiro atoms. The van der Waals surface area contributed by atoms with Crippen LogP contribution < -0.4 is 0 Å². The van der Waals surface area contributed by atoms with Crippen LogP contribution in [0.3, 0.4) is 0 Å². The largest absolute Gasteiger partial charge is 0.551 e. The molecule has 3 aliphatic heterocycles. The van der Waals surface area contributed by atoms with Gasteiger partial charge >= 0.3 is 7.12 Å². The van der Waals surface area contributed by atoms with Gasteiger partial charge in [0, 0.05) is 62.2 Å². The Kier molecular flexibility index (Phi) is 15.5. The summed E-state index contributed by atoms with van der Waals surface area (Å²) in [5, 5.41) is 30.1. The van der Waals surface area contributed by atoms with E-state index in [0.717, 1.165) is 36.8 Å². The first-order valence-electron chi connectivity index (χ1n) is 28.0. The van der Waals surface area contributed by atoms with Crippen LogP contribution in [0, 0.1) is 35.4 Å². The lowest BCUT2D eigenvalue weighted by Crippen LogP contribution is -2.65. The molecule has 18 nitrogen and oxygen atoms in total. The first kappa shape index (κ1) is 57.1. The third kappa shape index (κ3) is 11.8. The maximum absolute atomic E-state index is 13.6. The number of amides is 4. The highest BCUT2D eigenvalue weighted by atomic mass is 35.5. The molecule has 7 heterocycles. The van der Waals surface area contributed by atoms with Crippen molar-refractivity contribution in [2.24, 2.45) is 11.8 Å². The zero-order valence-electron chi connectivity index (χ0n) is 47.7. The molecular formula is C58H78BClN10O8. The van der Waals surface area contributed by atoms with E-state index in [2.05, 4.69) is 57.6 Å². The number of imidazole rings is 2. The summed E-state index contributed by atoms with van der Waals surface area (Å²) in [5.41, 5.74) is 0.450. The van der Waals surface area contributed by atoms with Gasteiger partial charge in [0.2, 0.25) is 0 Å². The lowest BCUT2D eigenvalue weighted by Gasteiger charge is -2.49. The third-order valence-electron chi connectivity index (χ3n) is 16.8. The normalized spacial score (nSPS) is 22.2. The van der Waals surface area contributed by atoms with Gasteiger partial charge in [-0.15, -0.1) is 5.92 Å². The predicted molar refractivity (Wildman–Crippen MR) is 296 cm³/mol. The number of hydrogen-bond acceptors (Lipinski definition) is 12. The van der Waals surface area contributed by atoms with Crippen LogP contribution in [0.4, 0.5) is 0 Å². The maximum atomic E-state index is 13.6. The minimum atomic E-state index is -1.22. The average molecular weight is 1090 g/mol. The number of halogens is 1. The second kappa shape index (κ2) is 21.2. The van der Waals surface area contributed by atoms with E-state index in [9.17, 15) is 29.4 Å². The number of nitrogens with zero attached hydrogens (tertiary/aromatic N) is 10. The van der Waals surface area contributed by atoms with Crippen LogP contribution >= 0.6 is 11.6 Å². The number of rotatable bonds is 6. The topological polar surface area (TPSA) is 201 Å². The van der Waals surface area contributed by atoms with Crippen LogP contribution in [0.1, 0.15) is 197 Å². The summed E-state index contributed by atoms with van der Waals surface area (Å²) in [6.45, 7) is 26.5. The van der Waals surface area contributed by atoms with E-state index >= 15 is 0 Å². The van der Waals surface area contributed by atoms with Gasteiger partial charge in [0.05, 0.1) is 34.7 Å². The molecule has 418 valence electrons. The molecule has 0 aromatic carbocycles. The first-order valence-corrected chi connectivity index (χ1v) is 28.4. The number of carbonyl (C=O) groups is 4. The summed E-state index contributed by atoms with van der Waals surface area (Å²) >= 11 is 6.14. The van der Waals surface area contributed by atoms with Crippen LogP contribution in [0.2, 0.25) is 5.15 Å². The molecule has 3 saturated heterocycles. The Morgan fingerprint density at radius 1 is 0.641 bits per heavy atom. The lowest BCUT2D eigenvalue weighted by atomic mass is 9.78. The summed E-state index contributed by atoms with van der Waals surface area (Å²) in [6.07, 6.45) is 11.9. The van der Waals surface area contributed by atoms with E-state index in [1.54, 1.807) is 47.1 Å². The molecule has 2 N–H and O–H groups in total. The van der Waals surface area contributed by atoms with Crippen molar-refractivity contribution in [3.8, 4) is 23.6 Å². The highest BCUT2D eigenvalue weighted by Gasteiger charge is 2.52. The van der Waals surface area contributed by atoms with Crippen molar-refractivity contribution in [1.82, 2.24) is 48.8 Å². The number of aliphatic hydroxyl groups is 2. The monoisotopic (exact) mass is 1090 g/mol. The molecule has 4 aromatic rings. The van der Waals surface area contributed by atoms with Gasteiger partial charge < -0.3 is 39.1 Å². The van der Waals surface area contributed by atoms with E-state index in [4.69, 9.17) is 20.9 Å². The Balaban J connectivity index is 0.000000154. The number of fused-ring (bicyclic) bond motifs is 2. The van der Waals surface area contributed by atoms with E-state index in [-0.39, 0.29) is 53.8 Å². The van der Waals surface area contributed by atoms with Gasteiger partial charge in [0.25, 0.3) is 23.6 Å². The van der Waals surface area contributed by atoms with Gasteiger partial charge in [-0.05, 0) is 149 Å². The molecule has 78 heavy (non-hydrogen) atoms. The van der Waals surface area contributed by atoms with E-state index in [1.807, 2.05) is 75.3 Å². The molecule has 0 unspecified atom stereocenters. The van der Waals surface area contributed by atoms with Gasteiger partial charge in [-0.3, -0.25) is 19.2 Å².